The Balaban J connectivity index is 0.00000420. The van der Waals surface area contributed by atoms with Crippen molar-refractivity contribution in [3.8, 4) is 0 Å². The van der Waals surface area contributed by atoms with Crippen LogP contribution in [0, 0.1) is 5.92 Å². The summed E-state index contributed by atoms with van der Waals surface area (Å²) in [5.74, 6) is -1.29. The molecule has 1 aliphatic rings. The number of likely N-dealkylation sites (tertiary alicyclic amines) is 1. The number of rotatable bonds is 10. The maximum absolute atomic E-state index is 13.4. The molecule has 2 N–H and O–H groups in total. The summed E-state index contributed by atoms with van der Waals surface area (Å²) in [7, 11) is 0. The molecule has 0 spiro atoms. The summed E-state index contributed by atoms with van der Waals surface area (Å²) in [5, 5.41) is 14.7. The van der Waals surface area contributed by atoms with E-state index in [2.05, 4.69) is 36.5 Å². The van der Waals surface area contributed by atoms with Crippen molar-refractivity contribution in [3.63, 3.8) is 0 Å². The summed E-state index contributed by atoms with van der Waals surface area (Å²) in [6, 6.07) is 19.7. The summed E-state index contributed by atoms with van der Waals surface area (Å²) >= 11 is 0. The van der Waals surface area contributed by atoms with Gasteiger partial charge in [0.15, 0.2) is 0 Å². The summed E-state index contributed by atoms with van der Waals surface area (Å²) in [4.78, 5) is 25.4. The van der Waals surface area contributed by atoms with Crippen LogP contribution in [-0.2, 0) is 15.8 Å². The van der Waals surface area contributed by atoms with E-state index in [1.165, 1.54) is 12.1 Å². The maximum Gasteiger partial charge on any atom is 0.416 e. The lowest BCUT2D eigenvalue weighted by molar-refractivity contribution is -0.138. The van der Waals surface area contributed by atoms with Crippen molar-refractivity contribution in [2.75, 3.05) is 19.6 Å². The largest absolute Gasteiger partial charge is 0.481 e. The molecule has 1 aliphatic heterocycles. The number of aliphatic carboxylic acids is 1. The molecule has 0 bridgehead atoms. The van der Waals surface area contributed by atoms with Gasteiger partial charge in [0.2, 0.25) is 5.91 Å². The number of unbranched alkanes of at least 4 members (excludes halogenated alkanes) is 1. The van der Waals surface area contributed by atoms with Gasteiger partial charge in [0.05, 0.1) is 5.56 Å². The van der Waals surface area contributed by atoms with Gasteiger partial charge in [-0.2, -0.15) is 13.2 Å². The maximum atomic E-state index is 13.4. The second-order valence-corrected chi connectivity index (χ2v) is 10.1. The number of hydrogen-bond donors (Lipinski definition) is 2. The molecular formula is C30H34ClF3N2O3. The third-order valence-electron chi connectivity index (χ3n) is 7.44. The van der Waals surface area contributed by atoms with Gasteiger partial charge in [0, 0.05) is 44.4 Å². The molecule has 1 saturated heterocycles. The Hall–Kier alpha value is -3.10. The third kappa shape index (κ3) is 7.73. The van der Waals surface area contributed by atoms with E-state index in [1.54, 1.807) is 11.0 Å². The molecule has 0 saturated carbocycles. The van der Waals surface area contributed by atoms with Crippen LogP contribution in [0.5, 0.6) is 0 Å². The van der Waals surface area contributed by atoms with Crippen molar-refractivity contribution < 1.29 is 27.9 Å². The molecule has 3 aromatic carbocycles. The zero-order chi connectivity index (χ0) is 27.3. The quantitative estimate of drug-likeness (QED) is 0.266. The average molecular weight is 563 g/mol. The van der Waals surface area contributed by atoms with Crippen LogP contribution in [0.2, 0.25) is 0 Å². The number of carbonyl (C=O) groups excluding carboxylic acids is 1. The summed E-state index contributed by atoms with van der Waals surface area (Å²) in [6.45, 7) is 3.39. The van der Waals surface area contributed by atoms with E-state index in [1.807, 2.05) is 18.2 Å². The van der Waals surface area contributed by atoms with Gasteiger partial charge in [-0.05, 0) is 53.6 Å². The summed E-state index contributed by atoms with van der Waals surface area (Å²) in [6.07, 6.45) is -3.31. The molecule has 1 heterocycles. The van der Waals surface area contributed by atoms with Crippen molar-refractivity contribution >= 4 is 35.1 Å². The average Bonchev–Trinajstić information content (AvgIpc) is 3.33. The first-order valence-electron chi connectivity index (χ1n) is 13.0. The molecule has 5 nitrogen and oxygen atoms in total. The van der Waals surface area contributed by atoms with Gasteiger partial charge in [-0.1, -0.05) is 60.7 Å². The Labute approximate surface area is 232 Å². The van der Waals surface area contributed by atoms with Gasteiger partial charge in [0.25, 0.3) is 0 Å². The number of hydrogen-bond acceptors (Lipinski definition) is 3. The first-order chi connectivity index (χ1) is 18.1. The highest BCUT2D eigenvalue weighted by Gasteiger charge is 2.37. The zero-order valence-electron chi connectivity index (χ0n) is 21.8. The molecule has 0 aliphatic carbocycles. The molecule has 1 fully saturated rings. The number of halogens is 4. The van der Waals surface area contributed by atoms with Crippen LogP contribution in [0.1, 0.15) is 61.3 Å². The van der Waals surface area contributed by atoms with Crippen LogP contribution in [-0.4, -0.2) is 41.5 Å². The Kier molecular flexibility index (Phi) is 10.4. The molecular weight excluding hydrogens is 529 g/mol. The molecule has 3 atom stereocenters. The van der Waals surface area contributed by atoms with Crippen molar-refractivity contribution in [3.05, 3.63) is 83.4 Å². The number of carboxylic acid groups (broad SMARTS) is 1. The predicted octanol–water partition coefficient (Wildman–Crippen LogP) is 6.82. The normalized spacial score (nSPS) is 18.1. The lowest BCUT2D eigenvalue weighted by Gasteiger charge is -2.23. The van der Waals surface area contributed by atoms with E-state index in [-0.39, 0.29) is 49.0 Å². The first kappa shape index (κ1) is 30.4. The van der Waals surface area contributed by atoms with E-state index in [9.17, 15) is 22.8 Å². The number of alkyl halides is 3. The minimum absolute atomic E-state index is 0. The number of nitrogens with one attached hydrogen (secondary N) is 1. The third-order valence-corrected chi connectivity index (χ3v) is 7.44. The lowest BCUT2D eigenvalue weighted by Crippen LogP contribution is -2.31. The monoisotopic (exact) mass is 562 g/mol. The van der Waals surface area contributed by atoms with Gasteiger partial charge in [-0.15, -0.1) is 12.4 Å². The van der Waals surface area contributed by atoms with Gasteiger partial charge < -0.3 is 15.3 Å². The SMILES string of the molecule is C[C@@H](NC[C@H]1CN(C(=O)CCCCC(=O)O)C[C@@H]1c1cccc(C(F)(F)F)c1)c1cccc2ccccc12.Cl. The lowest BCUT2D eigenvalue weighted by atomic mass is 9.87. The molecule has 0 radical (unpaired) electrons. The second-order valence-electron chi connectivity index (χ2n) is 10.1. The molecule has 0 aromatic heterocycles. The fourth-order valence-corrected chi connectivity index (χ4v) is 5.38. The van der Waals surface area contributed by atoms with Crippen molar-refractivity contribution in [2.45, 2.75) is 50.7 Å². The second kappa shape index (κ2) is 13.3. The highest BCUT2D eigenvalue weighted by Crippen LogP contribution is 2.37. The fourth-order valence-electron chi connectivity index (χ4n) is 5.38. The molecule has 39 heavy (non-hydrogen) atoms. The Bertz CT molecular complexity index is 1280. The minimum atomic E-state index is -4.44. The Morgan fingerprint density at radius 2 is 1.69 bits per heavy atom. The zero-order valence-corrected chi connectivity index (χ0v) is 22.6. The number of nitrogens with zero attached hydrogens (tertiary/aromatic N) is 1. The van der Waals surface area contributed by atoms with Gasteiger partial charge in [0.1, 0.15) is 0 Å². The molecule has 210 valence electrons. The van der Waals surface area contributed by atoms with Crippen LogP contribution in [0.4, 0.5) is 13.2 Å². The van der Waals surface area contributed by atoms with E-state index >= 15 is 0 Å². The van der Waals surface area contributed by atoms with Crippen LogP contribution in [0.25, 0.3) is 10.8 Å². The molecule has 1 amide bonds. The van der Waals surface area contributed by atoms with Gasteiger partial charge in [-0.25, -0.2) is 0 Å². The molecule has 3 aromatic rings. The van der Waals surface area contributed by atoms with Crippen molar-refractivity contribution in [2.24, 2.45) is 5.92 Å². The Morgan fingerprint density at radius 1 is 1.00 bits per heavy atom. The Morgan fingerprint density at radius 3 is 2.44 bits per heavy atom. The van der Waals surface area contributed by atoms with E-state index < -0.39 is 17.7 Å². The molecule has 4 rings (SSSR count). The van der Waals surface area contributed by atoms with Crippen molar-refractivity contribution in [1.82, 2.24) is 10.2 Å². The number of benzene rings is 3. The highest BCUT2D eigenvalue weighted by atomic mass is 35.5. The smallest absolute Gasteiger partial charge is 0.416 e. The van der Waals surface area contributed by atoms with Crippen LogP contribution in [0.3, 0.4) is 0 Å². The number of fused-ring (bicyclic) bond motifs is 1. The predicted molar refractivity (Wildman–Crippen MR) is 148 cm³/mol. The number of carboxylic acids is 1. The van der Waals surface area contributed by atoms with Crippen LogP contribution >= 0.6 is 12.4 Å². The van der Waals surface area contributed by atoms with E-state index in [4.69, 9.17) is 5.11 Å². The fraction of sp³-hybridized carbons (Fsp3) is 0.400. The van der Waals surface area contributed by atoms with E-state index in [0.29, 0.717) is 38.0 Å². The standard InChI is InChI=1S/C30H33F3N2O3.ClH/c1-20(25-13-7-9-21-8-2-3-12-26(21)25)34-17-23-18-35(28(36)14-4-5-15-29(37)38)19-27(23)22-10-6-11-24(16-22)30(31,32)33;/h2-3,6-13,16,20,23,27,34H,4-5,14-15,17-19H2,1H3,(H,37,38);1H/t20-,23+,27-;/m1./s1. The highest BCUT2D eigenvalue weighted by molar-refractivity contribution is 5.86. The number of amides is 1. The van der Waals surface area contributed by atoms with Crippen LogP contribution < -0.4 is 5.32 Å². The first-order valence-corrected chi connectivity index (χ1v) is 13.0. The van der Waals surface area contributed by atoms with Gasteiger partial charge in [-0.3, -0.25) is 9.59 Å². The topological polar surface area (TPSA) is 69.6 Å². The minimum Gasteiger partial charge on any atom is -0.481 e. The summed E-state index contributed by atoms with van der Waals surface area (Å²) in [5.41, 5.74) is 1.03. The molecule has 9 heteroatoms. The number of carbonyl (C=O) groups is 2. The van der Waals surface area contributed by atoms with E-state index in [0.717, 1.165) is 22.4 Å². The van der Waals surface area contributed by atoms with Gasteiger partial charge >= 0.3 is 12.1 Å². The van der Waals surface area contributed by atoms with Crippen molar-refractivity contribution in [1.29, 1.82) is 0 Å². The van der Waals surface area contributed by atoms with Crippen LogP contribution in [0.15, 0.2) is 66.7 Å². The summed E-state index contributed by atoms with van der Waals surface area (Å²) < 4.78 is 40.3. The molecule has 0 unspecified atom stereocenters.